The van der Waals surface area contributed by atoms with Crippen LogP contribution >= 0.6 is 0 Å². The van der Waals surface area contributed by atoms with Crippen molar-refractivity contribution < 1.29 is 18.7 Å². The molecule has 1 fully saturated rings. The van der Waals surface area contributed by atoms with Crippen molar-refractivity contribution >= 4 is 11.9 Å². The topological polar surface area (TPSA) is 46.6 Å². The summed E-state index contributed by atoms with van der Waals surface area (Å²) in [6.07, 6.45) is 3.73. The number of benzene rings is 1. The van der Waals surface area contributed by atoms with E-state index in [4.69, 9.17) is 0 Å². The molecule has 2 rings (SSSR count). The van der Waals surface area contributed by atoms with Crippen LogP contribution in [0.15, 0.2) is 18.2 Å². The lowest BCUT2D eigenvalue weighted by Crippen LogP contribution is -2.43. The van der Waals surface area contributed by atoms with Crippen LogP contribution in [-0.2, 0) is 9.53 Å². The lowest BCUT2D eigenvalue weighted by atomic mass is 10.1. The molecule has 5 heteroatoms. The number of carbonyl (C=O) groups excluding carboxylic acids is 2. The minimum Gasteiger partial charge on any atom is -0.468 e. The van der Waals surface area contributed by atoms with E-state index in [9.17, 15) is 14.0 Å². The van der Waals surface area contributed by atoms with Gasteiger partial charge in [0.1, 0.15) is 12.4 Å². The predicted octanol–water partition coefficient (Wildman–Crippen LogP) is 2.69. The second kappa shape index (κ2) is 6.70. The van der Waals surface area contributed by atoms with E-state index in [0.29, 0.717) is 0 Å². The molecule has 0 N–H and O–H groups in total. The SMILES string of the molecule is COC(=O)CN(C(=O)c1cc(C)ccc1F)C1CCCC1. The van der Waals surface area contributed by atoms with Crippen LogP contribution in [0.4, 0.5) is 4.39 Å². The number of halogens is 1. The van der Waals surface area contributed by atoms with Crippen molar-refractivity contribution in [1.82, 2.24) is 4.90 Å². The van der Waals surface area contributed by atoms with E-state index in [0.717, 1.165) is 31.2 Å². The van der Waals surface area contributed by atoms with Crippen molar-refractivity contribution in [3.8, 4) is 0 Å². The molecule has 21 heavy (non-hydrogen) atoms. The zero-order valence-electron chi connectivity index (χ0n) is 12.4. The van der Waals surface area contributed by atoms with Crippen molar-refractivity contribution in [1.29, 1.82) is 0 Å². The minimum absolute atomic E-state index is 0.0171. The van der Waals surface area contributed by atoms with E-state index in [1.165, 1.54) is 24.1 Å². The summed E-state index contributed by atoms with van der Waals surface area (Å²) in [6.45, 7) is 1.67. The maximum atomic E-state index is 13.9. The number of ether oxygens (including phenoxy) is 1. The number of hydrogen-bond donors (Lipinski definition) is 0. The van der Waals surface area contributed by atoms with E-state index in [2.05, 4.69) is 4.74 Å². The van der Waals surface area contributed by atoms with Gasteiger partial charge in [-0.2, -0.15) is 0 Å². The third-order valence-corrected chi connectivity index (χ3v) is 3.91. The summed E-state index contributed by atoms with van der Waals surface area (Å²) in [5.74, 6) is -1.48. The normalized spacial score (nSPS) is 15.0. The molecule has 1 saturated carbocycles. The van der Waals surface area contributed by atoms with Crippen LogP contribution < -0.4 is 0 Å². The van der Waals surface area contributed by atoms with Gasteiger partial charge in [0.2, 0.25) is 0 Å². The first-order valence-corrected chi connectivity index (χ1v) is 7.17. The molecule has 1 aromatic rings. The summed E-state index contributed by atoms with van der Waals surface area (Å²) in [4.78, 5) is 25.6. The van der Waals surface area contributed by atoms with Gasteiger partial charge in [-0.3, -0.25) is 9.59 Å². The number of carbonyl (C=O) groups is 2. The zero-order valence-corrected chi connectivity index (χ0v) is 12.4. The van der Waals surface area contributed by atoms with Gasteiger partial charge in [-0.15, -0.1) is 0 Å². The molecule has 1 aromatic carbocycles. The van der Waals surface area contributed by atoms with Crippen molar-refractivity contribution in [3.63, 3.8) is 0 Å². The Morgan fingerprint density at radius 1 is 1.33 bits per heavy atom. The fourth-order valence-corrected chi connectivity index (χ4v) is 2.74. The average molecular weight is 293 g/mol. The average Bonchev–Trinajstić information content (AvgIpc) is 3.00. The summed E-state index contributed by atoms with van der Waals surface area (Å²) in [7, 11) is 1.28. The Bertz CT molecular complexity index is 538. The van der Waals surface area contributed by atoms with Gasteiger partial charge in [-0.1, -0.05) is 24.5 Å². The number of hydrogen-bond acceptors (Lipinski definition) is 3. The first-order chi connectivity index (χ1) is 10.0. The molecular formula is C16H20FNO3. The van der Waals surface area contributed by atoms with E-state index < -0.39 is 17.7 Å². The predicted molar refractivity (Wildman–Crippen MR) is 76.4 cm³/mol. The molecule has 4 nitrogen and oxygen atoms in total. The quantitative estimate of drug-likeness (QED) is 0.802. The molecule has 1 aliphatic carbocycles. The molecule has 0 heterocycles. The molecule has 0 saturated heterocycles. The highest BCUT2D eigenvalue weighted by atomic mass is 19.1. The third-order valence-electron chi connectivity index (χ3n) is 3.91. The fraction of sp³-hybridized carbons (Fsp3) is 0.500. The molecule has 114 valence electrons. The van der Waals surface area contributed by atoms with Crippen LogP contribution in [0.3, 0.4) is 0 Å². The zero-order chi connectivity index (χ0) is 15.4. The summed E-state index contributed by atoms with van der Waals surface area (Å²) in [5.41, 5.74) is 0.829. The largest absolute Gasteiger partial charge is 0.468 e. The lowest BCUT2D eigenvalue weighted by molar-refractivity contribution is -0.141. The molecule has 0 aromatic heterocycles. The number of rotatable bonds is 4. The van der Waals surface area contributed by atoms with Crippen LogP contribution in [0, 0.1) is 12.7 Å². The van der Waals surface area contributed by atoms with Crippen LogP contribution in [0.1, 0.15) is 41.6 Å². The Kier molecular flexibility index (Phi) is 4.94. The van der Waals surface area contributed by atoms with Crippen molar-refractivity contribution in [2.75, 3.05) is 13.7 Å². The standard InChI is InChI=1S/C16H20FNO3/c1-11-7-8-14(17)13(9-11)16(20)18(10-15(19)21-2)12-5-3-4-6-12/h7-9,12H,3-6,10H2,1-2H3. The van der Waals surface area contributed by atoms with E-state index in [1.807, 2.05) is 0 Å². The highest BCUT2D eigenvalue weighted by Crippen LogP contribution is 2.25. The third kappa shape index (κ3) is 3.60. The summed E-state index contributed by atoms with van der Waals surface area (Å²) >= 11 is 0. The first kappa shape index (κ1) is 15.5. The number of amides is 1. The van der Waals surface area contributed by atoms with Crippen LogP contribution in [0.25, 0.3) is 0 Å². The van der Waals surface area contributed by atoms with Crippen LogP contribution in [0.2, 0.25) is 0 Å². The molecule has 0 unspecified atom stereocenters. The highest BCUT2D eigenvalue weighted by Gasteiger charge is 2.30. The maximum Gasteiger partial charge on any atom is 0.325 e. The molecule has 0 spiro atoms. The van der Waals surface area contributed by atoms with Crippen molar-refractivity contribution in [2.24, 2.45) is 0 Å². The number of aryl methyl sites for hydroxylation is 1. The highest BCUT2D eigenvalue weighted by molar-refractivity contribution is 5.96. The monoisotopic (exact) mass is 293 g/mol. The lowest BCUT2D eigenvalue weighted by Gasteiger charge is -2.28. The number of methoxy groups -OCH3 is 1. The molecule has 0 aliphatic heterocycles. The van der Waals surface area contributed by atoms with Crippen LogP contribution in [-0.4, -0.2) is 36.5 Å². The second-order valence-corrected chi connectivity index (χ2v) is 5.43. The molecule has 1 aliphatic rings. The van der Waals surface area contributed by atoms with Gasteiger partial charge in [0, 0.05) is 6.04 Å². The molecule has 0 bridgehead atoms. The Balaban J connectivity index is 2.28. The van der Waals surface area contributed by atoms with Gasteiger partial charge < -0.3 is 9.64 Å². The van der Waals surface area contributed by atoms with Crippen molar-refractivity contribution in [2.45, 2.75) is 38.6 Å². The van der Waals surface area contributed by atoms with Gasteiger partial charge in [0.25, 0.3) is 5.91 Å². The summed E-state index contributed by atoms with van der Waals surface area (Å²) in [5, 5.41) is 0. The van der Waals surface area contributed by atoms with Crippen LogP contribution in [0.5, 0.6) is 0 Å². The van der Waals surface area contributed by atoms with Gasteiger partial charge in [0.15, 0.2) is 0 Å². The summed E-state index contributed by atoms with van der Waals surface area (Å²) < 4.78 is 18.6. The molecule has 1 amide bonds. The Labute approximate surface area is 123 Å². The molecule has 0 radical (unpaired) electrons. The second-order valence-electron chi connectivity index (χ2n) is 5.43. The molecule has 0 atom stereocenters. The van der Waals surface area contributed by atoms with E-state index >= 15 is 0 Å². The van der Waals surface area contributed by atoms with E-state index in [1.54, 1.807) is 13.0 Å². The minimum atomic E-state index is -0.557. The van der Waals surface area contributed by atoms with Gasteiger partial charge in [-0.05, 0) is 31.9 Å². The smallest absolute Gasteiger partial charge is 0.325 e. The van der Waals surface area contributed by atoms with Gasteiger partial charge in [-0.25, -0.2) is 4.39 Å². The number of nitrogens with zero attached hydrogens (tertiary/aromatic N) is 1. The maximum absolute atomic E-state index is 13.9. The summed E-state index contributed by atoms with van der Waals surface area (Å²) in [6, 6.07) is 4.41. The number of esters is 1. The Hall–Kier alpha value is -1.91. The molecular weight excluding hydrogens is 273 g/mol. The van der Waals surface area contributed by atoms with E-state index in [-0.39, 0.29) is 18.2 Å². The fourth-order valence-electron chi connectivity index (χ4n) is 2.74. The van der Waals surface area contributed by atoms with Gasteiger partial charge in [0.05, 0.1) is 12.7 Å². The van der Waals surface area contributed by atoms with Gasteiger partial charge >= 0.3 is 5.97 Å². The van der Waals surface area contributed by atoms with Crippen molar-refractivity contribution in [3.05, 3.63) is 35.1 Å². The first-order valence-electron chi connectivity index (χ1n) is 7.17. The Morgan fingerprint density at radius 3 is 2.62 bits per heavy atom. The Morgan fingerprint density at radius 2 is 2.00 bits per heavy atom.